The van der Waals surface area contributed by atoms with Crippen molar-refractivity contribution in [3.63, 3.8) is 0 Å². The average Bonchev–Trinajstić information content (AvgIpc) is 2.34. The predicted octanol–water partition coefficient (Wildman–Crippen LogP) is 1.37. The molecule has 0 heterocycles. The summed E-state index contributed by atoms with van der Waals surface area (Å²) >= 11 is 0. The van der Waals surface area contributed by atoms with Crippen molar-refractivity contribution < 1.29 is 14.4 Å². The Morgan fingerprint density at radius 2 is 1.88 bits per heavy atom. The van der Waals surface area contributed by atoms with Crippen LogP contribution in [0.1, 0.15) is 34.1 Å². The molecule has 17 heavy (non-hydrogen) atoms. The molecule has 0 bridgehead atoms. The second-order valence-corrected chi connectivity index (χ2v) is 3.27. The second kappa shape index (κ2) is 6.32. The first-order chi connectivity index (χ1) is 8.15. The lowest BCUT2D eigenvalue weighted by Crippen LogP contribution is -2.21. The number of carbonyl (C=O) groups excluding carboxylic acids is 2. The number of hydrogen-bond donors (Lipinski definition) is 2. The minimum absolute atomic E-state index is 0.355. The van der Waals surface area contributed by atoms with E-state index in [9.17, 15) is 9.59 Å². The molecule has 0 aromatic heterocycles. The maximum atomic E-state index is 11.5. The van der Waals surface area contributed by atoms with E-state index >= 15 is 0 Å². The van der Waals surface area contributed by atoms with Crippen molar-refractivity contribution in [3.05, 3.63) is 47.7 Å². The SMILES string of the molecule is CCC=CONC(=O)c1ccc(C(N)=O)cc1. The molecule has 3 N–H and O–H groups in total. The summed E-state index contributed by atoms with van der Waals surface area (Å²) in [6.45, 7) is 1.95. The highest BCUT2D eigenvalue weighted by molar-refractivity contribution is 5.96. The van der Waals surface area contributed by atoms with Crippen LogP contribution in [0, 0.1) is 0 Å². The van der Waals surface area contributed by atoms with E-state index in [1.807, 2.05) is 6.92 Å². The minimum atomic E-state index is -0.529. The summed E-state index contributed by atoms with van der Waals surface area (Å²) in [5.41, 5.74) is 8.06. The highest BCUT2D eigenvalue weighted by Gasteiger charge is 2.06. The molecule has 0 atom stereocenters. The van der Waals surface area contributed by atoms with Crippen molar-refractivity contribution in [2.75, 3.05) is 0 Å². The molecule has 1 aromatic rings. The van der Waals surface area contributed by atoms with Gasteiger partial charge in [0.05, 0.1) is 0 Å². The first kappa shape index (κ1) is 12.8. The van der Waals surface area contributed by atoms with Crippen LogP contribution in [-0.4, -0.2) is 11.8 Å². The molecule has 0 radical (unpaired) electrons. The van der Waals surface area contributed by atoms with Crippen molar-refractivity contribution in [1.82, 2.24) is 5.48 Å². The molecule has 0 saturated carbocycles. The summed E-state index contributed by atoms with van der Waals surface area (Å²) in [6.07, 6.45) is 3.98. The molecule has 0 aliphatic rings. The third-order valence-corrected chi connectivity index (χ3v) is 1.98. The van der Waals surface area contributed by atoms with Crippen LogP contribution in [0.25, 0.3) is 0 Å². The van der Waals surface area contributed by atoms with Crippen LogP contribution in [0.15, 0.2) is 36.6 Å². The van der Waals surface area contributed by atoms with Gasteiger partial charge in [0, 0.05) is 11.1 Å². The summed E-state index contributed by atoms with van der Waals surface area (Å²) in [4.78, 5) is 27.1. The van der Waals surface area contributed by atoms with Crippen LogP contribution in [0.2, 0.25) is 0 Å². The maximum Gasteiger partial charge on any atom is 0.283 e. The van der Waals surface area contributed by atoms with Crippen LogP contribution in [0.5, 0.6) is 0 Å². The molecule has 1 aromatic carbocycles. The fourth-order valence-electron chi connectivity index (χ4n) is 1.08. The minimum Gasteiger partial charge on any atom is -0.387 e. The fraction of sp³-hybridized carbons (Fsp3) is 0.167. The van der Waals surface area contributed by atoms with Crippen molar-refractivity contribution in [2.24, 2.45) is 5.73 Å². The largest absolute Gasteiger partial charge is 0.387 e. The average molecular weight is 234 g/mol. The van der Waals surface area contributed by atoms with Gasteiger partial charge in [0.2, 0.25) is 5.91 Å². The predicted molar refractivity (Wildman–Crippen MR) is 62.9 cm³/mol. The Labute approximate surface area is 99.2 Å². The molecule has 0 spiro atoms. The molecule has 90 valence electrons. The van der Waals surface area contributed by atoms with Gasteiger partial charge in [0.1, 0.15) is 6.26 Å². The fourth-order valence-corrected chi connectivity index (χ4v) is 1.08. The van der Waals surface area contributed by atoms with Crippen LogP contribution in [0.4, 0.5) is 0 Å². The number of benzene rings is 1. The van der Waals surface area contributed by atoms with Gasteiger partial charge < -0.3 is 10.6 Å². The number of nitrogens with two attached hydrogens (primary N) is 1. The van der Waals surface area contributed by atoms with Gasteiger partial charge in [-0.05, 0) is 36.8 Å². The molecule has 0 aliphatic carbocycles. The third kappa shape index (κ3) is 3.98. The normalized spacial score (nSPS) is 10.2. The quantitative estimate of drug-likeness (QED) is 0.596. The zero-order valence-corrected chi connectivity index (χ0v) is 9.47. The van der Waals surface area contributed by atoms with Gasteiger partial charge in [-0.2, -0.15) is 5.48 Å². The Balaban J connectivity index is 2.57. The molecule has 5 heteroatoms. The molecular weight excluding hydrogens is 220 g/mol. The van der Waals surface area contributed by atoms with Crippen LogP contribution >= 0.6 is 0 Å². The number of rotatable bonds is 5. The standard InChI is InChI=1S/C12H14N2O3/c1-2-3-8-17-14-12(16)10-6-4-9(5-7-10)11(13)15/h3-8H,2H2,1H3,(H2,13,15)(H,14,16). The van der Waals surface area contributed by atoms with Crippen LogP contribution in [0.3, 0.4) is 0 Å². The van der Waals surface area contributed by atoms with Gasteiger partial charge >= 0.3 is 0 Å². The zero-order valence-electron chi connectivity index (χ0n) is 9.47. The number of hydroxylamine groups is 1. The zero-order chi connectivity index (χ0) is 12.7. The number of carbonyl (C=O) groups is 2. The van der Waals surface area contributed by atoms with Crippen molar-refractivity contribution in [3.8, 4) is 0 Å². The monoisotopic (exact) mass is 234 g/mol. The second-order valence-electron chi connectivity index (χ2n) is 3.27. The highest BCUT2D eigenvalue weighted by atomic mass is 16.6. The number of amides is 2. The Bertz CT molecular complexity index is 424. The van der Waals surface area contributed by atoms with Gasteiger partial charge in [0.25, 0.3) is 5.91 Å². The number of hydrogen-bond acceptors (Lipinski definition) is 3. The van der Waals surface area contributed by atoms with Crippen molar-refractivity contribution in [1.29, 1.82) is 0 Å². The van der Waals surface area contributed by atoms with E-state index in [-0.39, 0.29) is 5.91 Å². The van der Waals surface area contributed by atoms with E-state index in [1.165, 1.54) is 30.5 Å². The summed E-state index contributed by atoms with van der Waals surface area (Å²) in [7, 11) is 0. The third-order valence-electron chi connectivity index (χ3n) is 1.98. The molecule has 1 rings (SSSR count). The van der Waals surface area contributed by atoms with E-state index in [1.54, 1.807) is 6.08 Å². The molecule has 0 aliphatic heterocycles. The Hall–Kier alpha value is -2.30. The summed E-state index contributed by atoms with van der Waals surface area (Å²) in [5, 5.41) is 0. The summed E-state index contributed by atoms with van der Waals surface area (Å²) < 4.78 is 0. The van der Waals surface area contributed by atoms with Crippen molar-refractivity contribution in [2.45, 2.75) is 13.3 Å². The Morgan fingerprint density at radius 3 is 2.41 bits per heavy atom. The van der Waals surface area contributed by atoms with E-state index in [2.05, 4.69) is 5.48 Å². The summed E-state index contributed by atoms with van der Waals surface area (Å²) in [6, 6.07) is 5.98. The molecular formula is C12H14N2O3. The van der Waals surface area contributed by atoms with Gasteiger partial charge in [0.15, 0.2) is 0 Å². The van der Waals surface area contributed by atoms with E-state index in [0.717, 1.165) is 6.42 Å². The first-order valence-corrected chi connectivity index (χ1v) is 5.16. The molecule has 0 saturated heterocycles. The number of primary amides is 1. The number of allylic oxidation sites excluding steroid dienone is 1. The molecule has 0 unspecified atom stereocenters. The lowest BCUT2D eigenvalue weighted by Gasteiger charge is -2.03. The highest BCUT2D eigenvalue weighted by Crippen LogP contribution is 2.03. The molecule has 2 amide bonds. The van der Waals surface area contributed by atoms with Gasteiger partial charge in [-0.15, -0.1) is 0 Å². The van der Waals surface area contributed by atoms with Gasteiger partial charge in [-0.1, -0.05) is 6.92 Å². The van der Waals surface area contributed by atoms with E-state index in [4.69, 9.17) is 10.6 Å². The summed E-state index contributed by atoms with van der Waals surface area (Å²) in [5.74, 6) is -0.916. The number of nitrogens with one attached hydrogen (secondary N) is 1. The lowest BCUT2D eigenvalue weighted by atomic mass is 10.1. The topological polar surface area (TPSA) is 81.4 Å². The smallest absolute Gasteiger partial charge is 0.283 e. The molecule has 5 nitrogen and oxygen atoms in total. The first-order valence-electron chi connectivity index (χ1n) is 5.16. The Kier molecular flexibility index (Phi) is 4.75. The van der Waals surface area contributed by atoms with Crippen LogP contribution < -0.4 is 11.2 Å². The van der Waals surface area contributed by atoms with E-state index < -0.39 is 5.91 Å². The van der Waals surface area contributed by atoms with Gasteiger partial charge in [-0.25, -0.2) is 0 Å². The van der Waals surface area contributed by atoms with E-state index in [0.29, 0.717) is 11.1 Å². The lowest BCUT2D eigenvalue weighted by molar-refractivity contribution is 0.0654. The molecule has 0 fully saturated rings. The maximum absolute atomic E-state index is 11.5. The van der Waals surface area contributed by atoms with Crippen LogP contribution in [-0.2, 0) is 4.84 Å². The van der Waals surface area contributed by atoms with Crippen molar-refractivity contribution >= 4 is 11.8 Å². The van der Waals surface area contributed by atoms with Gasteiger partial charge in [-0.3, -0.25) is 9.59 Å². The Morgan fingerprint density at radius 1 is 1.29 bits per heavy atom.